The molecule has 6 aromatic heterocycles. The van der Waals surface area contributed by atoms with Gasteiger partial charge in [-0.05, 0) is 191 Å². The van der Waals surface area contributed by atoms with Crippen LogP contribution in [0.1, 0.15) is 0 Å². The molecule has 29 rings (SSSR count). The van der Waals surface area contributed by atoms with E-state index in [0.29, 0.717) is 34.9 Å². The largest absolute Gasteiger partial charge is 0.309 e. The highest BCUT2D eigenvalue weighted by molar-refractivity contribution is 6.33. The van der Waals surface area contributed by atoms with Gasteiger partial charge in [-0.1, -0.05) is 388 Å². The SMILES string of the molecule is c1ccc(-c2nc(-c3ccccc3)nc(-c3cc(-c4cccc5c6c(ccc7c8ccccc8n(-c8ccccc8)c76)n(-c6ccccc6)c45)cc4c5ccccc5c5ccccc5c34)n2)cc1.c1ccc(-c2nc(-c3ccccc3)nc(-c3cc(-c4ccccc4-c4cccc5c4c4cc6c(cc4n5-c4ccccc4)c4ccccc4n6-c4ccccc4)cc4c5ccccc5c5ccccc5c34)n2)cc1. The molecule has 0 unspecified atom stereocenters. The lowest BCUT2D eigenvalue weighted by Gasteiger charge is -2.18. The van der Waals surface area contributed by atoms with Gasteiger partial charge in [0.15, 0.2) is 34.9 Å². The molecule has 660 valence electrons. The van der Waals surface area contributed by atoms with Crippen LogP contribution in [0.4, 0.5) is 0 Å². The fourth-order valence-corrected chi connectivity index (χ4v) is 22.6. The van der Waals surface area contributed by atoms with Crippen molar-refractivity contribution in [3.05, 3.63) is 497 Å². The Morgan fingerprint density at radius 2 is 0.415 bits per heavy atom. The second-order valence-corrected chi connectivity index (χ2v) is 36.6. The Labute approximate surface area is 816 Å². The average Bonchev–Trinajstić information content (AvgIpc) is 1.61. The Kier molecular flexibility index (Phi) is 19.1. The molecule has 0 aliphatic carbocycles. The lowest BCUT2D eigenvalue weighted by Crippen LogP contribution is -2.01. The van der Waals surface area contributed by atoms with E-state index in [0.717, 1.165) is 144 Å². The molecule has 6 heterocycles. The minimum absolute atomic E-state index is 0.619. The number of aromatic nitrogens is 10. The van der Waals surface area contributed by atoms with Crippen LogP contribution in [0.5, 0.6) is 0 Å². The van der Waals surface area contributed by atoms with E-state index < -0.39 is 0 Å². The van der Waals surface area contributed by atoms with Crippen molar-refractivity contribution < 1.29 is 0 Å². The van der Waals surface area contributed by atoms with Crippen LogP contribution in [0, 0.1) is 0 Å². The molecule has 23 aromatic carbocycles. The van der Waals surface area contributed by atoms with Crippen molar-refractivity contribution in [1.29, 1.82) is 0 Å². The van der Waals surface area contributed by atoms with E-state index in [1.807, 2.05) is 72.8 Å². The minimum Gasteiger partial charge on any atom is -0.309 e. The predicted molar refractivity (Wildman–Crippen MR) is 591 cm³/mol. The molecule has 142 heavy (non-hydrogen) atoms. The van der Waals surface area contributed by atoms with Gasteiger partial charge in [0.2, 0.25) is 0 Å². The number of rotatable bonds is 13. The summed E-state index contributed by atoms with van der Waals surface area (Å²) in [6.45, 7) is 0. The third-order valence-corrected chi connectivity index (χ3v) is 28.6. The summed E-state index contributed by atoms with van der Waals surface area (Å²) < 4.78 is 9.80. The van der Waals surface area contributed by atoms with E-state index in [9.17, 15) is 0 Å². The Morgan fingerprint density at radius 1 is 0.120 bits per heavy atom. The van der Waals surface area contributed by atoms with Crippen LogP contribution >= 0.6 is 0 Å². The molecule has 0 amide bonds. The van der Waals surface area contributed by atoms with Gasteiger partial charge in [0.1, 0.15) is 0 Å². The maximum absolute atomic E-state index is 5.40. The highest BCUT2D eigenvalue weighted by Crippen LogP contribution is 2.52. The van der Waals surface area contributed by atoms with Crippen molar-refractivity contribution in [3.8, 4) is 124 Å². The first-order valence-electron chi connectivity index (χ1n) is 48.3. The van der Waals surface area contributed by atoms with Crippen molar-refractivity contribution in [1.82, 2.24) is 48.2 Å². The van der Waals surface area contributed by atoms with Crippen LogP contribution in [0.25, 0.3) is 276 Å². The number of benzene rings is 23. The summed E-state index contributed by atoms with van der Waals surface area (Å²) in [7, 11) is 0. The minimum atomic E-state index is 0.619. The molecule has 29 aromatic rings. The molecule has 0 spiro atoms. The quantitative estimate of drug-likeness (QED) is 0.107. The average molecular weight is 1810 g/mol. The fourth-order valence-electron chi connectivity index (χ4n) is 22.6. The molecule has 0 radical (unpaired) electrons. The monoisotopic (exact) mass is 1810 g/mol. The third kappa shape index (κ3) is 13.2. The van der Waals surface area contributed by atoms with E-state index in [-0.39, 0.29) is 0 Å². The molecule has 0 atom stereocenters. The zero-order chi connectivity index (χ0) is 93.4. The first-order valence-corrected chi connectivity index (χ1v) is 48.3. The van der Waals surface area contributed by atoms with Crippen molar-refractivity contribution in [2.45, 2.75) is 0 Å². The van der Waals surface area contributed by atoms with Gasteiger partial charge in [-0.3, -0.25) is 0 Å². The molecule has 0 aliphatic heterocycles. The Bertz CT molecular complexity index is 10000. The molecule has 10 nitrogen and oxygen atoms in total. The van der Waals surface area contributed by atoms with Crippen LogP contribution in [-0.2, 0) is 0 Å². The Balaban J connectivity index is 0.000000139. The summed E-state index contributed by atoms with van der Waals surface area (Å²) in [4.78, 5) is 31.9. The van der Waals surface area contributed by atoms with Gasteiger partial charge in [-0.25, -0.2) is 29.9 Å². The molecule has 0 fully saturated rings. The number of para-hydroxylation sites is 7. The van der Waals surface area contributed by atoms with E-state index in [1.54, 1.807) is 0 Å². The highest BCUT2D eigenvalue weighted by Gasteiger charge is 2.30. The summed E-state index contributed by atoms with van der Waals surface area (Å²) in [6, 6.07) is 178. The van der Waals surface area contributed by atoms with Gasteiger partial charge in [0.05, 0.1) is 44.1 Å². The second-order valence-electron chi connectivity index (χ2n) is 36.6. The van der Waals surface area contributed by atoms with E-state index >= 15 is 0 Å². The summed E-state index contributed by atoms with van der Waals surface area (Å²) in [5, 5.41) is 23.6. The fraction of sp³-hybridized carbons (Fsp3) is 0. The maximum Gasteiger partial charge on any atom is 0.164 e. The second kappa shape index (κ2) is 33.4. The Morgan fingerprint density at radius 3 is 0.880 bits per heavy atom. The Hall–Kier alpha value is -19.2. The summed E-state index contributed by atoms with van der Waals surface area (Å²) in [5.41, 5.74) is 26.0. The van der Waals surface area contributed by atoms with E-state index in [1.165, 1.54) is 97.5 Å². The van der Waals surface area contributed by atoms with Crippen molar-refractivity contribution >= 4 is 152 Å². The standard InChI is InChI=1S/C69H43N5.C63H39N5/c1-5-22-44(23-6-1)67-70-68(45-24-7-2-8-25-45)72-69(71-67)60-41-46(40-58-53-34-16-15-32-51(53)52-33-17-18-36-55(52)65(58)60)49-30-13-14-31-50(49)56-37-21-39-62-66(56)59-43-63-57(42-64(59)74(62)48-28-11-4-12-29-48)54-35-19-20-38-61(54)73(63)47-26-9-3-10-27-47;1-5-20-40(21-6-1)61-64-62(41-22-7-2-8-23-41)66-63(65-61)54-39-42(38-53-48-30-14-13-28-46(48)47-29-15-16-32-50(47)57(53)54)45-33-19-34-52-58-56(68(59(45)52)44-26-11-4-12-27-44)37-36-51-49-31-17-18-35-55(49)67(60(51)58)43-24-9-3-10-25-43/h1-43H;1-39H. The first kappa shape index (κ1) is 81.2. The maximum atomic E-state index is 5.40. The lowest BCUT2D eigenvalue weighted by atomic mass is 9.86. The summed E-state index contributed by atoms with van der Waals surface area (Å²) in [6.07, 6.45) is 0. The lowest BCUT2D eigenvalue weighted by molar-refractivity contribution is 1.08. The first-order chi connectivity index (χ1) is 70.5. The van der Waals surface area contributed by atoms with Gasteiger partial charge in [-0.2, -0.15) is 0 Å². The van der Waals surface area contributed by atoms with Crippen LogP contribution in [0.3, 0.4) is 0 Å². The van der Waals surface area contributed by atoms with Crippen LogP contribution in [-0.4, -0.2) is 48.2 Å². The van der Waals surface area contributed by atoms with Gasteiger partial charge in [0.25, 0.3) is 0 Å². The zero-order valence-corrected chi connectivity index (χ0v) is 76.8. The van der Waals surface area contributed by atoms with Crippen LogP contribution in [0.2, 0.25) is 0 Å². The molecule has 0 saturated heterocycles. The predicted octanol–water partition coefficient (Wildman–Crippen LogP) is 34.1. The molecular weight excluding hydrogens is 1730 g/mol. The number of nitrogens with zero attached hydrogens (tertiary/aromatic N) is 10. The van der Waals surface area contributed by atoms with Gasteiger partial charge >= 0.3 is 0 Å². The number of fused-ring (bicyclic) bond motifs is 25. The van der Waals surface area contributed by atoms with Gasteiger partial charge in [0, 0.05) is 116 Å². The summed E-state index contributed by atoms with van der Waals surface area (Å²) in [5.74, 6) is 3.74. The topological polar surface area (TPSA) is 97.1 Å². The van der Waals surface area contributed by atoms with Crippen molar-refractivity contribution in [2.75, 3.05) is 0 Å². The van der Waals surface area contributed by atoms with Crippen molar-refractivity contribution in [3.63, 3.8) is 0 Å². The van der Waals surface area contributed by atoms with E-state index in [2.05, 4.69) is 443 Å². The van der Waals surface area contributed by atoms with Gasteiger partial charge in [-0.15, -0.1) is 0 Å². The molecule has 0 saturated carbocycles. The van der Waals surface area contributed by atoms with Gasteiger partial charge < -0.3 is 18.3 Å². The number of hydrogen-bond donors (Lipinski definition) is 0. The molecule has 0 N–H and O–H groups in total. The molecule has 0 bridgehead atoms. The summed E-state index contributed by atoms with van der Waals surface area (Å²) >= 11 is 0. The normalized spacial score (nSPS) is 11.8. The molecular formula is C132H82N10. The zero-order valence-electron chi connectivity index (χ0n) is 76.8. The number of hydrogen-bond acceptors (Lipinski definition) is 6. The highest BCUT2D eigenvalue weighted by atomic mass is 15.1. The molecule has 0 aliphatic rings. The molecule has 10 heteroatoms. The van der Waals surface area contributed by atoms with Crippen molar-refractivity contribution in [2.24, 2.45) is 0 Å². The van der Waals surface area contributed by atoms with E-state index in [4.69, 9.17) is 29.9 Å². The third-order valence-electron chi connectivity index (χ3n) is 28.6. The van der Waals surface area contributed by atoms with Crippen LogP contribution in [0.15, 0.2) is 497 Å². The van der Waals surface area contributed by atoms with Crippen LogP contribution < -0.4 is 0 Å². The smallest absolute Gasteiger partial charge is 0.164 e.